The van der Waals surface area contributed by atoms with Gasteiger partial charge in [-0.05, 0) is 30.3 Å². The highest BCUT2D eigenvalue weighted by molar-refractivity contribution is 7.20. The minimum absolute atomic E-state index is 0.333. The largest absolute Gasteiger partial charge is 0.455 e. The van der Waals surface area contributed by atoms with Crippen molar-refractivity contribution >= 4 is 27.3 Å². The van der Waals surface area contributed by atoms with Crippen molar-refractivity contribution < 1.29 is 13.9 Å². The number of amides is 1. The summed E-state index contributed by atoms with van der Waals surface area (Å²) in [6.45, 7) is 0. The van der Waals surface area contributed by atoms with Crippen molar-refractivity contribution in [2.24, 2.45) is 5.73 Å². The topological polar surface area (TPSA) is 65.2 Å². The molecular weight excluding hydrogens is 279 g/mol. The molecule has 2 aromatic heterocycles. The summed E-state index contributed by atoms with van der Waals surface area (Å²) < 4.78 is 19.3. The molecule has 0 saturated heterocycles. The SMILES string of the molecule is NC(=O)c1cc2c(Oc3ccc(F)cc3)cncc2s1. The Kier molecular flexibility index (Phi) is 3.08. The summed E-state index contributed by atoms with van der Waals surface area (Å²) in [6.07, 6.45) is 3.19. The van der Waals surface area contributed by atoms with Gasteiger partial charge in [0.05, 0.1) is 15.8 Å². The number of hydrogen-bond acceptors (Lipinski definition) is 4. The van der Waals surface area contributed by atoms with Gasteiger partial charge in [-0.3, -0.25) is 9.78 Å². The van der Waals surface area contributed by atoms with Gasteiger partial charge < -0.3 is 10.5 Å². The van der Waals surface area contributed by atoms with Gasteiger partial charge in [-0.2, -0.15) is 0 Å². The van der Waals surface area contributed by atoms with Gasteiger partial charge in [0.1, 0.15) is 11.6 Å². The van der Waals surface area contributed by atoms with Crippen LogP contribution in [0.25, 0.3) is 10.1 Å². The van der Waals surface area contributed by atoms with Crippen LogP contribution >= 0.6 is 11.3 Å². The number of halogens is 1. The molecule has 1 aromatic carbocycles. The number of aromatic nitrogens is 1. The molecule has 3 aromatic rings. The molecule has 0 spiro atoms. The number of nitrogens with zero attached hydrogens (tertiary/aromatic N) is 1. The zero-order valence-electron chi connectivity index (χ0n) is 10.2. The first-order valence-electron chi connectivity index (χ1n) is 5.74. The van der Waals surface area contributed by atoms with Crippen molar-refractivity contribution in [1.82, 2.24) is 4.98 Å². The number of nitrogens with two attached hydrogens (primary N) is 1. The van der Waals surface area contributed by atoms with E-state index < -0.39 is 5.91 Å². The quantitative estimate of drug-likeness (QED) is 0.804. The third-order valence-corrected chi connectivity index (χ3v) is 3.78. The average molecular weight is 288 g/mol. The summed E-state index contributed by atoms with van der Waals surface area (Å²) in [6, 6.07) is 7.34. The Morgan fingerprint density at radius 2 is 2.00 bits per heavy atom. The highest BCUT2D eigenvalue weighted by Crippen LogP contribution is 2.34. The molecule has 0 saturated carbocycles. The highest BCUT2D eigenvalue weighted by atomic mass is 32.1. The van der Waals surface area contributed by atoms with Gasteiger partial charge in [0.15, 0.2) is 5.75 Å². The van der Waals surface area contributed by atoms with Gasteiger partial charge in [-0.25, -0.2) is 4.39 Å². The number of carbonyl (C=O) groups excluding carboxylic acids is 1. The summed E-state index contributed by atoms with van der Waals surface area (Å²) in [5, 5.41) is 0.753. The van der Waals surface area contributed by atoms with Crippen molar-refractivity contribution in [2.45, 2.75) is 0 Å². The number of pyridine rings is 1. The molecule has 20 heavy (non-hydrogen) atoms. The molecule has 0 unspecified atom stereocenters. The second-order valence-electron chi connectivity index (χ2n) is 4.08. The van der Waals surface area contributed by atoms with E-state index >= 15 is 0 Å². The minimum Gasteiger partial charge on any atom is -0.455 e. The van der Waals surface area contributed by atoms with E-state index in [1.165, 1.54) is 35.6 Å². The molecular formula is C14H9FN2O2S. The first-order chi connectivity index (χ1) is 9.63. The Balaban J connectivity index is 2.02. The summed E-state index contributed by atoms with van der Waals surface area (Å²) in [5.74, 6) is 0.171. The molecule has 1 amide bonds. The van der Waals surface area contributed by atoms with Crippen LogP contribution in [0.3, 0.4) is 0 Å². The normalized spacial score (nSPS) is 10.7. The predicted octanol–water partition coefficient (Wildman–Crippen LogP) is 3.33. The van der Waals surface area contributed by atoms with Crippen molar-refractivity contribution in [3.05, 3.63) is 53.4 Å². The standard InChI is InChI=1S/C14H9FN2O2S/c15-8-1-3-9(4-2-8)19-11-6-17-7-13-10(11)5-12(20-13)14(16)18/h1-7H,(H2,16,18). The summed E-state index contributed by atoms with van der Waals surface area (Å²) in [4.78, 5) is 15.7. The van der Waals surface area contributed by atoms with Crippen LogP contribution in [0, 0.1) is 5.82 Å². The number of hydrogen-bond donors (Lipinski definition) is 1. The van der Waals surface area contributed by atoms with Crippen LogP contribution in [-0.4, -0.2) is 10.9 Å². The second-order valence-corrected chi connectivity index (χ2v) is 5.16. The zero-order valence-corrected chi connectivity index (χ0v) is 11.0. The molecule has 100 valence electrons. The van der Waals surface area contributed by atoms with Crippen LogP contribution in [0.5, 0.6) is 11.5 Å². The molecule has 3 rings (SSSR count). The summed E-state index contributed by atoms with van der Waals surface area (Å²) >= 11 is 1.26. The van der Waals surface area contributed by atoms with Crippen molar-refractivity contribution in [3.8, 4) is 11.5 Å². The first kappa shape index (κ1) is 12.6. The number of primary amides is 1. The third-order valence-electron chi connectivity index (χ3n) is 2.69. The molecule has 0 bridgehead atoms. The molecule has 0 aliphatic heterocycles. The van der Waals surface area contributed by atoms with Crippen LogP contribution in [-0.2, 0) is 0 Å². The smallest absolute Gasteiger partial charge is 0.258 e. The monoisotopic (exact) mass is 288 g/mol. The van der Waals surface area contributed by atoms with Gasteiger partial charge in [0.25, 0.3) is 5.91 Å². The molecule has 0 atom stereocenters. The fraction of sp³-hybridized carbons (Fsp3) is 0. The molecule has 0 aliphatic carbocycles. The molecule has 0 aliphatic rings. The van der Waals surface area contributed by atoms with Gasteiger partial charge in [0.2, 0.25) is 0 Å². The number of benzene rings is 1. The summed E-state index contributed by atoms with van der Waals surface area (Å²) in [7, 11) is 0. The van der Waals surface area contributed by atoms with Gasteiger partial charge >= 0.3 is 0 Å². The molecule has 0 fully saturated rings. The maximum atomic E-state index is 12.9. The van der Waals surface area contributed by atoms with E-state index in [0.717, 1.165) is 10.1 Å². The Morgan fingerprint density at radius 1 is 1.25 bits per heavy atom. The van der Waals surface area contributed by atoms with E-state index in [0.29, 0.717) is 16.4 Å². The van der Waals surface area contributed by atoms with Crippen LogP contribution in [0.1, 0.15) is 9.67 Å². The second kappa shape index (κ2) is 4.90. The van der Waals surface area contributed by atoms with Gasteiger partial charge in [0, 0.05) is 11.6 Å². The number of fused-ring (bicyclic) bond motifs is 1. The maximum absolute atomic E-state index is 12.9. The van der Waals surface area contributed by atoms with Crippen LogP contribution in [0.15, 0.2) is 42.7 Å². The fourth-order valence-corrected chi connectivity index (χ4v) is 2.67. The van der Waals surface area contributed by atoms with Crippen molar-refractivity contribution in [1.29, 1.82) is 0 Å². The molecule has 4 nitrogen and oxygen atoms in total. The van der Waals surface area contributed by atoms with Gasteiger partial charge in [-0.1, -0.05) is 0 Å². The van der Waals surface area contributed by atoms with Crippen LogP contribution in [0.2, 0.25) is 0 Å². The number of carbonyl (C=O) groups is 1. The fourth-order valence-electron chi connectivity index (χ4n) is 1.77. The molecule has 2 N–H and O–H groups in total. The number of rotatable bonds is 3. The maximum Gasteiger partial charge on any atom is 0.258 e. The summed E-state index contributed by atoms with van der Waals surface area (Å²) in [5.41, 5.74) is 5.27. The lowest BCUT2D eigenvalue weighted by atomic mass is 10.3. The molecule has 6 heteroatoms. The zero-order chi connectivity index (χ0) is 14.1. The third kappa shape index (κ3) is 2.33. The lowest BCUT2D eigenvalue weighted by molar-refractivity contribution is 0.100. The van der Waals surface area contributed by atoms with E-state index in [4.69, 9.17) is 10.5 Å². The molecule has 0 radical (unpaired) electrons. The van der Waals surface area contributed by atoms with E-state index in [1.807, 2.05) is 0 Å². The number of thiophene rings is 1. The average Bonchev–Trinajstić information content (AvgIpc) is 2.87. The predicted molar refractivity (Wildman–Crippen MR) is 74.6 cm³/mol. The van der Waals surface area contributed by atoms with Crippen LogP contribution < -0.4 is 10.5 Å². The minimum atomic E-state index is -0.487. The Hall–Kier alpha value is -2.47. The van der Waals surface area contributed by atoms with Gasteiger partial charge in [-0.15, -0.1) is 11.3 Å². The Bertz CT molecular complexity index is 783. The Labute approximate surface area is 117 Å². The highest BCUT2D eigenvalue weighted by Gasteiger charge is 2.11. The van der Waals surface area contributed by atoms with E-state index in [-0.39, 0.29) is 5.82 Å². The lowest BCUT2D eigenvalue weighted by Crippen LogP contribution is -2.08. The van der Waals surface area contributed by atoms with E-state index in [9.17, 15) is 9.18 Å². The van der Waals surface area contributed by atoms with E-state index in [2.05, 4.69) is 4.98 Å². The van der Waals surface area contributed by atoms with Crippen LogP contribution in [0.4, 0.5) is 4.39 Å². The lowest BCUT2D eigenvalue weighted by Gasteiger charge is -2.05. The van der Waals surface area contributed by atoms with Crippen molar-refractivity contribution in [3.63, 3.8) is 0 Å². The Morgan fingerprint density at radius 3 is 2.70 bits per heavy atom. The number of ether oxygens (including phenoxy) is 1. The van der Waals surface area contributed by atoms with Crippen molar-refractivity contribution in [2.75, 3.05) is 0 Å². The first-order valence-corrected chi connectivity index (χ1v) is 6.56. The molecule has 2 heterocycles. The van der Waals surface area contributed by atoms with E-state index in [1.54, 1.807) is 18.5 Å².